The van der Waals surface area contributed by atoms with Crippen molar-refractivity contribution in [3.05, 3.63) is 29.3 Å². The fourth-order valence-corrected chi connectivity index (χ4v) is 3.46. The number of nitrogens with zero attached hydrogens (tertiary/aromatic N) is 1. The van der Waals surface area contributed by atoms with Gasteiger partial charge in [0.15, 0.2) is 0 Å². The average Bonchev–Trinajstić information content (AvgIpc) is 2.92. The molecule has 0 spiro atoms. The first-order valence-corrected chi connectivity index (χ1v) is 8.20. The third-order valence-electron chi connectivity index (χ3n) is 3.92. The SMILES string of the molecule is Cc1ccc(SCCC(=O)N2CCC[C@@H]2C(=O)O)cc1C. The van der Waals surface area contributed by atoms with Crippen LogP contribution in [0.5, 0.6) is 0 Å². The minimum atomic E-state index is -0.886. The molecule has 1 fully saturated rings. The molecule has 1 aromatic carbocycles. The number of aliphatic carboxylic acids is 1. The fraction of sp³-hybridized carbons (Fsp3) is 0.500. The van der Waals surface area contributed by atoms with Gasteiger partial charge in [0, 0.05) is 23.6 Å². The molecule has 0 radical (unpaired) electrons. The lowest BCUT2D eigenvalue weighted by Crippen LogP contribution is -2.40. The fourth-order valence-electron chi connectivity index (χ4n) is 2.53. The average molecular weight is 307 g/mol. The van der Waals surface area contributed by atoms with Crippen molar-refractivity contribution in [2.75, 3.05) is 12.3 Å². The van der Waals surface area contributed by atoms with Gasteiger partial charge in [-0.3, -0.25) is 4.79 Å². The summed E-state index contributed by atoms with van der Waals surface area (Å²) < 4.78 is 0. The smallest absolute Gasteiger partial charge is 0.326 e. The Kier molecular flexibility index (Phi) is 5.28. The number of amides is 1. The molecule has 1 N–H and O–H groups in total. The highest BCUT2D eigenvalue weighted by Crippen LogP contribution is 2.23. The molecule has 1 aliphatic heterocycles. The van der Waals surface area contributed by atoms with Crippen molar-refractivity contribution in [2.24, 2.45) is 0 Å². The predicted octanol–water partition coefficient (Wildman–Crippen LogP) is 2.86. The van der Waals surface area contributed by atoms with Crippen LogP contribution in [-0.4, -0.2) is 40.2 Å². The maximum absolute atomic E-state index is 12.1. The number of benzene rings is 1. The lowest BCUT2D eigenvalue weighted by Gasteiger charge is -2.21. The summed E-state index contributed by atoms with van der Waals surface area (Å²) in [6.45, 7) is 4.73. The number of likely N-dealkylation sites (tertiary alicyclic amines) is 1. The van der Waals surface area contributed by atoms with Crippen LogP contribution in [0.25, 0.3) is 0 Å². The Bertz CT molecular complexity index is 544. The highest BCUT2D eigenvalue weighted by Gasteiger charge is 2.33. The third kappa shape index (κ3) is 4.00. The Labute approximate surface area is 129 Å². The van der Waals surface area contributed by atoms with Crippen LogP contribution in [0.4, 0.5) is 0 Å². The summed E-state index contributed by atoms with van der Waals surface area (Å²) in [5.41, 5.74) is 2.51. The van der Waals surface area contributed by atoms with Crippen LogP contribution >= 0.6 is 11.8 Å². The molecule has 0 unspecified atom stereocenters. The van der Waals surface area contributed by atoms with E-state index in [0.29, 0.717) is 25.1 Å². The van der Waals surface area contributed by atoms with Crippen molar-refractivity contribution in [3.63, 3.8) is 0 Å². The molecule has 5 heteroatoms. The van der Waals surface area contributed by atoms with Crippen molar-refractivity contribution in [2.45, 2.75) is 44.0 Å². The van der Waals surface area contributed by atoms with Crippen LogP contribution in [0.1, 0.15) is 30.4 Å². The summed E-state index contributed by atoms with van der Waals surface area (Å²) in [4.78, 5) is 25.9. The molecule has 2 rings (SSSR count). The lowest BCUT2D eigenvalue weighted by atomic mass is 10.1. The number of hydrogen-bond donors (Lipinski definition) is 1. The first kappa shape index (κ1) is 15.9. The van der Waals surface area contributed by atoms with Gasteiger partial charge in [0.05, 0.1) is 0 Å². The van der Waals surface area contributed by atoms with Crippen LogP contribution in [0.15, 0.2) is 23.1 Å². The zero-order chi connectivity index (χ0) is 15.4. The Morgan fingerprint density at radius 3 is 2.76 bits per heavy atom. The highest BCUT2D eigenvalue weighted by atomic mass is 32.2. The minimum Gasteiger partial charge on any atom is -0.480 e. The Hall–Kier alpha value is -1.49. The van der Waals surface area contributed by atoms with E-state index >= 15 is 0 Å². The second-order valence-electron chi connectivity index (χ2n) is 5.43. The molecule has 114 valence electrons. The molecule has 21 heavy (non-hydrogen) atoms. The van der Waals surface area contributed by atoms with Crippen LogP contribution in [0, 0.1) is 13.8 Å². The van der Waals surface area contributed by atoms with E-state index in [2.05, 4.69) is 32.0 Å². The zero-order valence-electron chi connectivity index (χ0n) is 12.5. The molecule has 0 bridgehead atoms. The summed E-state index contributed by atoms with van der Waals surface area (Å²) in [5, 5.41) is 9.09. The van der Waals surface area contributed by atoms with Gasteiger partial charge in [-0.05, 0) is 49.9 Å². The van der Waals surface area contributed by atoms with Gasteiger partial charge in [0.1, 0.15) is 6.04 Å². The van der Waals surface area contributed by atoms with E-state index in [-0.39, 0.29) is 5.91 Å². The van der Waals surface area contributed by atoms with E-state index in [9.17, 15) is 9.59 Å². The molecule has 1 saturated heterocycles. The molecular weight excluding hydrogens is 286 g/mol. The first-order chi connectivity index (χ1) is 9.99. The molecule has 0 saturated carbocycles. The number of thioether (sulfide) groups is 1. The second kappa shape index (κ2) is 6.98. The summed E-state index contributed by atoms with van der Waals surface area (Å²) >= 11 is 1.65. The van der Waals surface area contributed by atoms with Crippen LogP contribution in [-0.2, 0) is 9.59 Å². The molecule has 1 atom stereocenters. The molecule has 0 aliphatic carbocycles. The number of hydrogen-bond acceptors (Lipinski definition) is 3. The summed E-state index contributed by atoms with van der Waals surface area (Å²) in [6.07, 6.45) is 1.75. The second-order valence-corrected chi connectivity index (χ2v) is 6.60. The molecule has 0 aromatic heterocycles. The zero-order valence-corrected chi connectivity index (χ0v) is 13.3. The van der Waals surface area contributed by atoms with Gasteiger partial charge in [0.2, 0.25) is 5.91 Å². The molecule has 1 aromatic rings. The number of carboxylic acids is 1. The van der Waals surface area contributed by atoms with Crippen molar-refractivity contribution in [1.29, 1.82) is 0 Å². The van der Waals surface area contributed by atoms with Gasteiger partial charge >= 0.3 is 5.97 Å². The summed E-state index contributed by atoms with van der Waals surface area (Å²) in [6, 6.07) is 5.65. The Morgan fingerprint density at radius 2 is 2.10 bits per heavy atom. The number of carboxylic acid groups (broad SMARTS) is 1. The van der Waals surface area contributed by atoms with E-state index in [1.807, 2.05) is 0 Å². The van der Waals surface area contributed by atoms with Crippen molar-refractivity contribution in [1.82, 2.24) is 4.90 Å². The largest absolute Gasteiger partial charge is 0.480 e. The van der Waals surface area contributed by atoms with E-state index in [4.69, 9.17) is 5.11 Å². The van der Waals surface area contributed by atoms with Crippen LogP contribution in [0.3, 0.4) is 0 Å². The van der Waals surface area contributed by atoms with E-state index < -0.39 is 12.0 Å². The normalized spacial score (nSPS) is 18.0. The summed E-state index contributed by atoms with van der Waals surface area (Å²) in [5.74, 6) is -0.247. The molecule has 4 nitrogen and oxygen atoms in total. The predicted molar refractivity (Wildman–Crippen MR) is 83.6 cm³/mol. The first-order valence-electron chi connectivity index (χ1n) is 7.21. The standard InChI is InChI=1S/C16H21NO3S/c1-11-5-6-13(10-12(11)2)21-9-7-15(18)17-8-3-4-14(17)16(19)20/h5-6,10,14H,3-4,7-9H2,1-2H3,(H,19,20)/t14-/m1/s1. The van der Waals surface area contributed by atoms with Gasteiger partial charge in [-0.2, -0.15) is 0 Å². The maximum Gasteiger partial charge on any atom is 0.326 e. The van der Waals surface area contributed by atoms with E-state index in [1.165, 1.54) is 16.0 Å². The van der Waals surface area contributed by atoms with Crippen molar-refractivity contribution >= 4 is 23.6 Å². The van der Waals surface area contributed by atoms with Crippen molar-refractivity contribution < 1.29 is 14.7 Å². The number of carbonyl (C=O) groups is 2. The minimum absolute atomic E-state index is 0.0452. The quantitative estimate of drug-likeness (QED) is 0.850. The molecule has 1 heterocycles. The topological polar surface area (TPSA) is 57.6 Å². The van der Waals surface area contributed by atoms with Gasteiger partial charge < -0.3 is 10.0 Å². The van der Waals surface area contributed by atoms with E-state index in [0.717, 1.165) is 11.3 Å². The Balaban J connectivity index is 1.84. The highest BCUT2D eigenvalue weighted by molar-refractivity contribution is 7.99. The number of rotatable bonds is 5. The van der Waals surface area contributed by atoms with Crippen molar-refractivity contribution in [3.8, 4) is 0 Å². The van der Waals surface area contributed by atoms with Crippen LogP contribution in [0.2, 0.25) is 0 Å². The van der Waals surface area contributed by atoms with E-state index in [1.54, 1.807) is 11.8 Å². The van der Waals surface area contributed by atoms with Gasteiger partial charge in [0.25, 0.3) is 0 Å². The number of aryl methyl sites for hydroxylation is 2. The van der Waals surface area contributed by atoms with Gasteiger partial charge in [-0.1, -0.05) is 6.07 Å². The molecule has 1 amide bonds. The number of carbonyl (C=O) groups excluding carboxylic acids is 1. The van der Waals surface area contributed by atoms with Gasteiger partial charge in [-0.25, -0.2) is 4.79 Å². The summed E-state index contributed by atoms with van der Waals surface area (Å²) in [7, 11) is 0. The monoisotopic (exact) mass is 307 g/mol. The molecular formula is C16H21NO3S. The van der Waals surface area contributed by atoms with Crippen LogP contribution < -0.4 is 0 Å². The maximum atomic E-state index is 12.1. The third-order valence-corrected chi connectivity index (χ3v) is 4.92. The molecule has 1 aliphatic rings. The Morgan fingerprint density at radius 1 is 1.33 bits per heavy atom. The van der Waals surface area contributed by atoms with Gasteiger partial charge in [-0.15, -0.1) is 11.8 Å². The lowest BCUT2D eigenvalue weighted by molar-refractivity contribution is -0.148.